The van der Waals surface area contributed by atoms with Crippen molar-refractivity contribution in [2.45, 2.75) is 30.3 Å². The monoisotopic (exact) mass is 999 g/mol. The number of benzene rings is 6. The van der Waals surface area contributed by atoms with Gasteiger partial charge >= 0.3 is 0 Å². The average molecular weight is 1000 g/mol. The Kier molecular flexibility index (Phi) is 15.1. The van der Waals surface area contributed by atoms with Gasteiger partial charge in [-0.25, -0.2) is 44.4 Å². The first kappa shape index (κ1) is 48.6. The summed E-state index contributed by atoms with van der Waals surface area (Å²) in [7, 11) is -2.58. The van der Waals surface area contributed by atoms with Crippen LogP contribution < -0.4 is 25.4 Å². The number of sulfonamides is 2. The maximum Gasteiger partial charge on any atom is 0.252 e. The number of carbonyl (C=O) groups excluding carboxylic acids is 2. The van der Waals surface area contributed by atoms with E-state index in [0.29, 0.717) is 48.8 Å². The molecule has 0 saturated carbocycles. The summed E-state index contributed by atoms with van der Waals surface area (Å²) < 4.78 is 82.5. The molecular formula is C46H44BrF2N9O6S2. The second-order valence-electron chi connectivity index (χ2n) is 14.2. The van der Waals surface area contributed by atoms with Crippen molar-refractivity contribution >= 4 is 75.3 Å². The first-order valence-electron chi connectivity index (χ1n) is 19.6. The summed E-state index contributed by atoms with van der Waals surface area (Å²) in [5.74, 6) is -1.30. The molecule has 0 spiro atoms. The van der Waals surface area contributed by atoms with Crippen molar-refractivity contribution in [3.8, 4) is 11.4 Å². The van der Waals surface area contributed by atoms with Gasteiger partial charge in [0.1, 0.15) is 11.6 Å². The Hall–Kier alpha value is -6.84. The van der Waals surface area contributed by atoms with Gasteiger partial charge in [-0.05, 0) is 122 Å². The topological polar surface area (TPSA) is 198 Å². The summed E-state index contributed by atoms with van der Waals surface area (Å²) in [5.41, 5.74) is 5.81. The second kappa shape index (κ2) is 20.6. The van der Waals surface area contributed by atoms with Crippen molar-refractivity contribution in [1.82, 2.24) is 39.6 Å². The number of hydrogen-bond donors (Lipinski definition) is 5. The lowest BCUT2D eigenvalue weighted by Gasteiger charge is -2.11. The summed E-state index contributed by atoms with van der Waals surface area (Å²) in [6.45, 7) is 0.439. The van der Waals surface area contributed by atoms with E-state index in [1.165, 1.54) is 62.6 Å². The highest BCUT2D eigenvalue weighted by atomic mass is 79.9. The van der Waals surface area contributed by atoms with Crippen molar-refractivity contribution in [2.75, 3.05) is 26.5 Å². The molecule has 0 aliphatic carbocycles. The summed E-state index contributed by atoms with van der Waals surface area (Å²) >= 11 is 3.44. The fourth-order valence-corrected chi connectivity index (χ4v) is 8.58. The molecule has 8 rings (SSSR count). The molecule has 0 atom stereocenters. The average Bonchev–Trinajstić information content (AvgIpc) is 3.95. The number of carbonyl (C=O) groups is 2. The maximum absolute atomic E-state index is 13.3. The minimum atomic E-state index is -3.52. The molecule has 2 amide bonds. The van der Waals surface area contributed by atoms with E-state index in [2.05, 4.69) is 51.5 Å². The highest BCUT2D eigenvalue weighted by Gasteiger charge is 2.19. The Morgan fingerprint density at radius 3 is 1.36 bits per heavy atom. The number of rotatable bonds is 13. The number of amides is 2. The molecule has 2 heterocycles. The van der Waals surface area contributed by atoms with Crippen molar-refractivity contribution < 1.29 is 35.2 Å². The third kappa shape index (κ3) is 10.8. The van der Waals surface area contributed by atoms with Crippen LogP contribution in [0.3, 0.4) is 0 Å². The van der Waals surface area contributed by atoms with Gasteiger partial charge in [0.05, 0.1) is 55.7 Å². The van der Waals surface area contributed by atoms with Crippen molar-refractivity contribution in [3.05, 3.63) is 172 Å². The number of nitrogens with one attached hydrogen (secondary N) is 5. The fraction of sp³-hybridized carbons (Fsp3) is 0.130. The van der Waals surface area contributed by atoms with Crippen LogP contribution in [0.2, 0.25) is 0 Å². The zero-order valence-electron chi connectivity index (χ0n) is 34.8. The quantitative estimate of drug-likeness (QED) is 0.0779. The van der Waals surface area contributed by atoms with Gasteiger partial charge in [0.25, 0.3) is 11.8 Å². The molecule has 342 valence electrons. The van der Waals surface area contributed by atoms with Gasteiger partial charge < -0.3 is 16.0 Å². The van der Waals surface area contributed by atoms with Crippen molar-refractivity contribution in [2.24, 2.45) is 0 Å². The molecule has 0 fully saturated rings. The van der Waals surface area contributed by atoms with Gasteiger partial charge in [0.2, 0.25) is 20.0 Å². The number of anilines is 1. The van der Waals surface area contributed by atoms with Crippen LogP contribution in [0.15, 0.2) is 148 Å². The molecule has 66 heavy (non-hydrogen) atoms. The lowest BCUT2D eigenvalue weighted by molar-refractivity contribution is 0.0944. The number of halogens is 3. The molecule has 8 aromatic rings. The Bertz CT molecular complexity index is 3260. The molecule has 0 aliphatic heterocycles. The van der Waals surface area contributed by atoms with E-state index in [4.69, 9.17) is 0 Å². The number of aromatic nitrogens is 4. The maximum atomic E-state index is 13.3. The van der Waals surface area contributed by atoms with Crippen LogP contribution in [0, 0.1) is 11.6 Å². The van der Waals surface area contributed by atoms with Crippen LogP contribution in [0.4, 0.5) is 14.5 Å². The van der Waals surface area contributed by atoms with Crippen LogP contribution in [-0.2, 0) is 33.1 Å². The molecule has 5 N–H and O–H groups in total. The predicted octanol–water partition coefficient (Wildman–Crippen LogP) is 7.45. The SMILES string of the molecule is C.CNS(=O)(=O)c1ccc(CNC(=O)c2cc(Br)cc3c2cnn3-c2ccc(F)cc2)cc1.CNc1cc(C(=O)NCc2ccc(S(=O)(=O)NC)cc2)c2cnn(-c3ccc(F)cc3)c2c1. The highest BCUT2D eigenvalue weighted by molar-refractivity contribution is 9.10. The summed E-state index contributed by atoms with van der Waals surface area (Å²) in [6.07, 6.45) is 3.20. The van der Waals surface area contributed by atoms with Gasteiger partial charge in [-0.3, -0.25) is 9.59 Å². The van der Waals surface area contributed by atoms with Gasteiger partial charge in [-0.15, -0.1) is 0 Å². The normalized spacial score (nSPS) is 11.4. The minimum Gasteiger partial charge on any atom is -0.388 e. The Labute approximate surface area is 388 Å². The van der Waals surface area contributed by atoms with Crippen LogP contribution >= 0.6 is 15.9 Å². The van der Waals surface area contributed by atoms with Crippen LogP contribution in [-0.4, -0.2) is 69.4 Å². The summed E-state index contributed by atoms with van der Waals surface area (Å²) in [4.78, 5) is 26.3. The summed E-state index contributed by atoms with van der Waals surface area (Å²) in [5, 5.41) is 18.8. The molecule has 15 nitrogen and oxygen atoms in total. The molecule has 0 aliphatic rings. The van der Waals surface area contributed by atoms with Gasteiger partial charge in [0.15, 0.2) is 0 Å². The van der Waals surface area contributed by atoms with Gasteiger partial charge in [-0.1, -0.05) is 47.6 Å². The molecule has 0 bridgehead atoms. The van der Waals surface area contributed by atoms with Gasteiger partial charge in [-0.2, -0.15) is 10.2 Å². The zero-order valence-corrected chi connectivity index (χ0v) is 38.0. The third-order valence-electron chi connectivity index (χ3n) is 10.2. The van der Waals surface area contributed by atoms with Crippen LogP contribution in [0.5, 0.6) is 0 Å². The number of hydrogen-bond acceptors (Lipinski definition) is 9. The van der Waals surface area contributed by atoms with E-state index >= 15 is 0 Å². The smallest absolute Gasteiger partial charge is 0.252 e. The van der Waals surface area contributed by atoms with Crippen molar-refractivity contribution in [3.63, 3.8) is 0 Å². The fourth-order valence-electron chi connectivity index (χ4n) is 6.68. The van der Waals surface area contributed by atoms with Gasteiger partial charge in [0, 0.05) is 41.1 Å². The lowest BCUT2D eigenvalue weighted by atomic mass is 10.1. The molecule has 20 heteroatoms. The lowest BCUT2D eigenvalue weighted by Crippen LogP contribution is -2.23. The Morgan fingerprint density at radius 2 is 0.970 bits per heavy atom. The molecule has 0 unspecified atom stereocenters. The van der Waals surface area contributed by atoms with E-state index in [0.717, 1.165) is 16.8 Å². The predicted molar refractivity (Wildman–Crippen MR) is 254 cm³/mol. The van der Waals surface area contributed by atoms with Crippen LogP contribution in [0.25, 0.3) is 33.2 Å². The number of nitrogens with zero attached hydrogens (tertiary/aromatic N) is 4. The molecule has 2 aromatic heterocycles. The van der Waals surface area contributed by atoms with E-state index < -0.39 is 20.0 Å². The van der Waals surface area contributed by atoms with E-state index in [9.17, 15) is 35.2 Å². The molecular weight excluding hydrogens is 957 g/mol. The van der Waals surface area contributed by atoms with E-state index in [-0.39, 0.29) is 53.8 Å². The molecule has 0 saturated heterocycles. The molecule has 0 radical (unpaired) electrons. The molecule has 6 aromatic carbocycles. The third-order valence-corrected chi connectivity index (χ3v) is 13.5. The highest BCUT2D eigenvalue weighted by Crippen LogP contribution is 2.28. The number of fused-ring (bicyclic) bond motifs is 2. The van der Waals surface area contributed by atoms with E-state index in [1.54, 1.807) is 89.5 Å². The van der Waals surface area contributed by atoms with Crippen LogP contribution in [0.1, 0.15) is 39.3 Å². The van der Waals surface area contributed by atoms with E-state index in [1.807, 2.05) is 12.1 Å². The summed E-state index contributed by atoms with van der Waals surface area (Å²) in [6, 6.07) is 31.5. The first-order chi connectivity index (χ1) is 31.1. The minimum absolute atomic E-state index is 0. The Balaban J connectivity index is 0.000000215. The largest absolute Gasteiger partial charge is 0.388 e. The Morgan fingerprint density at radius 1 is 0.576 bits per heavy atom. The standard InChI is InChI=1S/C23H22FN5O3S.C22H18BrFN4O3S.CH4/c1-25-17-11-20(21-14-28-29(22(21)12-17)18-7-5-16(24)6-8-18)23(30)27-13-15-3-9-19(10-4-15)33(31,32)26-2;1-25-32(30,31)18-8-2-14(3-9-18)12-26-22(29)19-10-15(23)11-21-20(19)13-27-28(21)17-6-4-16(24)5-7-17;/h3-12,14,25-26H,13H2,1-2H3,(H,27,30);2-11,13,25H,12H2,1H3,(H,26,29);1H4. The first-order valence-corrected chi connectivity index (χ1v) is 23.4. The van der Waals surface area contributed by atoms with Crippen molar-refractivity contribution in [1.29, 1.82) is 0 Å². The zero-order chi connectivity index (χ0) is 46.5. The second-order valence-corrected chi connectivity index (χ2v) is 18.9.